The molecule has 0 aliphatic heterocycles. The van der Waals surface area contributed by atoms with Gasteiger partial charge in [-0.25, -0.2) is 0 Å². The van der Waals surface area contributed by atoms with Gasteiger partial charge in [0.05, 0.1) is 24.1 Å². The molecule has 0 bridgehead atoms. The molecule has 0 unspecified atom stereocenters. The van der Waals surface area contributed by atoms with Crippen LogP contribution in [0.3, 0.4) is 0 Å². The number of aromatic nitrogens is 2. The second-order valence-corrected chi connectivity index (χ2v) is 3.52. The van der Waals surface area contributed by atoms with Gasteiger partial charge in [0, 0.05) is 13.2 Å². The highest BCUT2D eigenvalue weighted by Crippen LogP contribution is 2.08. The molecule has 1 N–H and O–H groups in total. The molecule has 0 fully saturated rings. The van der Waals surface area contributed by atoms with Crippen molar-refractivity contribution in [1.82, 2.24) is 15.1 Å². The van der Waals surface area contributed by atoms with Gasteiger partial charge in [-0.05, 0) is 19.1 Å². The molecule has 5 nitrogen and oxygen atoms in total. The maximum atomic E-state index is 11.7. The van der Waals surface area contributed by atoms with E-state index in [1.54, 1.807) is 23.9 Å². The highest BCUT2D eigenvalue weighted by molar-refractivity contribution is 5.94. The van der Waals surface area contributed by atoms with Crippen molar-refractivity contribution in [2.45, 2.75) is 13.5 Å². The van der Waals surface area contributed by atoms with Crippen LogP contribution >= 0.6 is 0 Å². The third-order valence-electron chi connectivity index (χ3n) is 2.46. The van der Waals surface area contributed by atoms with Crippen LogP contribution < -0.4 is 5.32 Å². The topological polar surface area (TPSA) is 60.1 Å². The fourth-order valence-corrected chi connectivity index (χ4v) is 1.46. The summed E-state index contributed by atoms with van der Waals surface area (Å²) in [4.78, 5) is 11.7. The van der Waals surface area contributed by atoms with Crippen LogP contribution in [0.2, 0.25) is 0 Å². The highest BCUT2D eigenvalue weighted by atomic mass is 16.3. The van der Waals surface area contributed by atoms with E-state index in [9.17, 15) is 4.79 Å². The number of nitrogens with one attached hydrogen (secondary N) is 1. The third-order valence-corrected chi connectivity index (χ3v) is 2.46. The van der Waals surface area contributed by atoms with Gasteiger partial charge >= 0.3 is 0 Å². The van der Waals surface area contributed by atoms with E-state index in [1.165, 1.54) is 6.26 Å². The fourth-order valence-electron chi connectivity index (χ4n) is 1.46. The van der Waals surface area contributed by atoms with E-state index >= 15 is 0 Å². The highest BCUT2D eigenvalue weighted by Gasteiger charge is 2.11. The normalized spacial score (nSPS) is 10.4. The van der Waals surface area contributed by atoms with E-state index in [2.05, 4.69) is 10.4 Å². The van der Waals surface area contributed by atoms with E-state index in [0.29, 0.717) is 17.9 Å². The van der Waals surface area contributed by atoms with Crippen molar-refractivity contribution >= 4 is 5.91 Å². The SMILES string of the molecule is Cc1occc1C(=O)NCc1ccnn1C. The minimum Gasteiger partial charge on any atom is -0.469 e. The molecule has 16 heavy (non-hydrogen) atoms. The number of carbonyl (C=O) groups excluding carboxylic acids is 1. The van der Waals surface area contributed by atoms with E-state index in [-0.39, 0.29) is 5.91 Å². The minimum atomic E-state index is -0.132. The van der Waals surface area contributed by atoms with Gasteiger partial charge in [-0.1, -0.05) is 0 Å². The molecule has 0 aliphatic carbocycles. The quantitative estimate of drug-likeness (QED) is 0.845. The van der Waals surface area contributed by atoms with Gasteiger partial charge in [0.15, 0.2) is 0 Å². The van der Waals surface area contributed by atoms with Gasteiger partial charge in [-0.3, -0.25) is 9.48 Å². The number of carbonyl (C=O) groups is 1. The molecule has 0 spiro atoms. The average molecular weight is 219 g/mol. The standard InChI is InChI=1S/C11H13N3O2/c1-8-10(4-6-16-8)11(15)12-7-9-3-5-13-14(9)2/h3-6H,7H2,1-2H3,(H,12,15). The molecule has 0 atom stereocenters. The average Bonchev–Trinajstić information content (AvgIpc) is 2.84. The molecule has 1 amide bonds. The Morgan fingerprint density at radius 2 is 2.38 bits per heavy atom. The Morgan fingerprint density at radius 1 is 1.56 bits per heavy atom. The van der Waals surface area contributed by atoms with Crippen LogP contribution in [0.15, 0.2) is 29.0 Å². The Labute approximate surface area is 93.1 Å². The van der Waals surface area contributed by atoms with E-state index < -0.39 is 0 Å². The monoisotopic (exact) mass is 219 g/mol. The molecule has 2 heterocycles. The zero-order valence-corrected chi connectivity index (χ0v) is 9.23. The summed E-state index contributed by atoms with van der Waals surface area (Å²) in [6.07, 6.45) is 3.21. The third kappa shape index (κ3) is 1.98. The summed E-state index contributed by atoms with van der Waals surface area (Å²) in [6.45, 7) is 2.22. The second-order valence-electron chi connectivity index (χ2n) is 3.52. The number of aryl methyl sites for hydroxylation is 2. The number of furan rings is 1. The number of amides is 1. The first kappa shape index (κ1) is 10.5. The smallest absolute Gasteiger partial charge is 0.255 e. The Balaban J connectivity index is 1.99. The van der Waals surface area contributed by atoms with Crippen LogP contribution in [-0.4, -0.2) is 15.7 Å². The van der Waals surface area contributed by atoms with E-state index in [0.717, 1.165) is 5.69 Å². The Bertz CT molecular complexity index is 499. The second kappa shape index (κ2) is 4.22. The van der Waals surface area contributed by atoms with Gasteiger partial charge in [0.1, 0.15) is 5.76 Å². The predicted octanol–water partition coefficient (Wildman–Crippen LogP) is 1.25. The van der Waals surface area contributed by atoms with Crippen LogP contribution in [0.1, 0.15) is 21.8 Å². The van der Waals surface area contributed by atoms with Crippen LogP contribution in [0, 0.1) is 6.92 Å². The summed E-state index contributed by atoms with van der Waals surface area (Å²) >= 11 is 0. The van der Waals surface area contributed by atoms with Crippen molar-refractivity contribution < 1.29 is 9.21 Å². The number of nitrogens with zero attached hydrogens (tertiary/aromatic N) is 2. The lowest BCUT2D eigenvalue weighted by atomic mass is 10.2. The first-order valence-corrected chi connectivity index (χ1v) is 4.97. The van der Waals surface area contributed by atoms with Crippen LogP contribution in [0.4, 0.5) is 0 Å². The summed E-state index contributed by atoms with van der Waals surface area (Å²) in [5.74, 6) is 0.495. The maximum absolute atomic E-state index is 11.7. The molecule has 0 aliphatic rings. The first-order chi connectivity index (χ1) is 7.68. The van der Waals surface area contributed by atoms with E-state index in [1.807, 2.05) is 13.1 Å². The molecule has 84 valence electrons. The zero-order valence-electron chi connectivity index (χ0n) is 9.23. The summed E-state index contributed by atoms with van der Waals surface area (Å²) in [5, 5.41) is 6.83. The lowest BCUT2D eigenvalue weighted by Gasteiger charge is -2.04. The van der Waals surface area contributed by atoms with Crippen molar-refractivity contribution in [1.29, 1.82) is 0 Å². The lowest BCUT2D eigenvalue weighted by Crippen LogP contribution is -2.24. The molecule has 0 radical (unpaired) electrons. The number of hydrogen-bond acceptors (Lipinski definition) is 3. The van der Waals surface area contributed by atoms with Gasteiger partial charge in [0.25, 0.3) is 5.91 Å². The van der Waals surface area contributed by atoms with Crippen LogP contribution in [-0.2, 0) is 13.6 Å². The van der Waals surface area contributed by atoms with Gasteiger partial charge in [-0.2, -0.15) is 5.10 Å². The molecule has 2 aromatic heterocycles. The van der Waals surface area contributed by atoms with Crippen molar-refractivity contribution in [3.8, 4) is 0 Å². The zero-order chi connectivity index (χ0) is 11.5. The Kier molecular flexibility index (Phi) is 2.76. The van der Waals surface area contributed by atoms with Gasteiger partial charge < -0.3 is 9.73 Å². The Morgan fingerprint density at radius 3 is 2.94 bits per heavy atom. The molecule has 0 saturated carbocycles. The fraction of sp³-hybridized carbons (Fsp3) is 0.273. The lowest BCUT2D eigenvalue weighted by molar-refractivity contribution is 0.0948. The molecular formula is C11H13N3O2. The minimum absolute atomic E-state index is 0.132. The summed E-state index contributed by atoms with van der Waals surface area (Å²) < 4.78 is 6.79. The van der Waals surface area contributed by atoms with Crippen LogP contribution in [0.5, 0.6) is 0 Å². The number of hydrogen-bond donors (Lipinski definition) is 1. The van der Waals surface area contributed by atoms with Crippen molar-refractivity contribution in [2.75, 3.05) is 0 Å². The van der Waals surface area contributed by atoms with Gasteiger partial charge in [-0.15, -0.1) is 0 Å². The van der Waals surface area contributed by atoms with Crippen molar-refractivity contribution in [2.24, 2.45) is 7.05 Å². The number of rotatable bonds is 3. The largest absolute Gasteiger partial charge is 0.469 e. The molecule has 2 rings (SSSR count). The van der Waals surface area contributed by atoms with Crippen LogP contribution in [0.25, 0.3) is 0 Å². The maximum Gasteiger partial charge on any atom is 0.255 e. The van der Waals surface area contributed by atoms with Crippen molar-refractivity contribution in [3.05, 3.63) is 41.6 Å². The van der Waals surface area contributed by atoms with E-state index in [4.69, 9.17) is 4.42 Å². The summed E-state index contributed by atoms with van der Waals surface area (Å²) in [6, 6.07) is 3.52. The summed E-state index contributed by atoms with van der Waals surface area (Å²) in [5.41, 5.74) is 1.52. The summed E-state index contributed by atoms with van der Waals surface area (Å²) in [7, 11) is 1.84. The molecular weight excluding hydrogens is 206 g/mol. The predicted molar refractivity (Wildman–Crippen MR) is 57.8 cm³/mol. The molecule has 5 heteroatoms. The van der Waals surface area contributed by atoms with Gasteiger partial charge in [0.2, 0.25) is 0 Å². The Hall–Kier alpha value is -2.04. The first-order valence-electron chi connectivity index (χ1n) is 4.97. The molecule has 0 aromatic carbocycles. The molecule has 2 aromatic rings. The molecule has 0 saturated heterocycles. The van der Waals surface area contributed by atoms with Crippen molar-refractivity contribution in [3.63, 3.8) is 0 Å².